The van der Waals surface area contributed by atoms with Crippen molar-refractivity contribution in [2.75, 3.05) is 25.2 Å². The summed E-state index contributed by atoms with van der Waals surface area (Å²) < 4.78 is 24.7. The molecule has 2 fully saturated rings. The second-order valence-corrected chi connectivity index (χ2v) is 8.78. The minimum Gasteiger partial charge on any atom is -0.467 e. The van der Waals surface area contributed by atoms with Crippen LogP contribution in [-0.4, -0.2) is 69.3 Å². The van der Waals surface area contributed by atoms with Crippen LogP contribution in [0.15, 0.2) is 5.16 Å². The number of aromatic amines is 1. The average molecular weight is 426 g/mol. The van der Waals surface area contributed by atoms with Gasteiger partial charge in [-0.05, 0) is 20.3 Å². The molecule has 0 unspecified atom stereocenters. The number of methoxy groups -OCH3 is 1. The van der Waals surface area contributed by atoms with E-state index >= 15 is 0 Å². The van der Waals surface area contributed by atoms with Crippen molar-refractivity contribution in [2.45, 2.75) is 68.9 Å². The maximum atomic E-state index is 11.5. The van der Waals surface area contributed by atoms with Gasteiger partial charge >= 0.3 is 5.97 Å². The van der Waals surface area contributed by atoms with Crippen LogP contribution in [0.2, 0.25) is 0 Å². The molecule has 0 aromatic carbocycles. The fourth-order valence-electron chi connectivity index (χ4n) is 3.90. The third-order valence-electron chi connectivity index (χ3n) is 5.15. The number of carbonyl (C=O) groups excluding carboxylic acids is 1. The number of fused-ring (bicyclic) bond motifs is 2. The first kappa shape index (κ1) is 20.5. The molecule has 4 rings (SSSR count). The number of hydrogen-bond donors (Lipinski definition) is 2. The number of hydrogen-bond acceptors (Lipinski definition) is 9. The molecule has 1 aliphatic heterocycles. The van der Waals surface area contributed by atoms with Gasteiger partial charge in [-0.1, -0.05) is 18.7 Å². The van der Waals surface area contributed by atoms with Gasteiger partial charge in [0.2, 0.25) is 0 Å². The topological polar surface area (TPSA) is 127 Å². The van der Waals surface area contributed by atoms with Gasteiger partial charge in [0, 0.05) is 12.2 Å². The molecule has 0 bridgehead atoms. The van der Waals surface area contributed by atoms with Crippen molar-refractivity contribution in [1.29, 1.82) is 0 Å². The van der Waals surface area contributed by atoms with E-state index < -0.39 is 11.8 Å². The molecule has 0 amide bonds. The standard InChI is InChI=1S/C18H27N5O5S/c1-5-6-29-17-20-15(19)12-16(21-17)23(22-12)9-7-10(26-8-11(24)25-4)14-13(9)27-18(2,3)28-14/h9-10,13-14,22H,5-8H2,1-4H3,(H2,19,20,21)/t9-,10+,13+,14-/m1/s1. The SMILES string of the molecule is CCCSc1nc(N)c2[nH]n([C@@H]3C[C@H](OCC(=O)OC)[C@H]4OC(C)(C)O[C@H]43)c2n1. The Morgan fingerprint density at radius 1 is 1.38 bits per heavy atom. The van der Waals surface area contributed by atoms with Crippen LogP contribution in [0.1, 0.15) is 39.7 Å². The first-order chi connectivity index (χ1) is 13.8. The van der Waals surface area contributed by atoms with E-state index in [0.29, 0.717) is 17.4 Å². The molecule has 0 spiro atoms. The number of nitrogens with zero attached hydrogens (tertiary/aromatic N) is 3. The van der Waals surface area contributed by atoms with Crippen molar-refractivity contribution in [3.05, 3.63) is 0 Å². The van der Waals surface area contributed by atoms with E-state index in [4.69, 9.17) is 19.9 Å². The number of nitrogens with one attached hydrogen (secondary N) is 1. The summed E-state index contributed by atoms with van der Waals surface area (Å²) in [5.41, 5.74) is 7.57. The van der Waals surface area contributed by atoms with Gasteiger partial charge in [-0.2, -0.15) is 0 Å². The Bertz CT molecular complexity index is 897. The summed E-state index contributed by atoms with van der Waals surface area (Å²) in [7, 11) is 1.34. The van der Waals surface area contributed by atoms with E-state index in [-0.39, 0.29) is 31.0 Å². The number of thioether (sulfide) groups is 1. The number of esters is 1. The van der Waals surface area contributed by atoms with Crippen LogP contribution in [0, 0.1) is 0 Å². The summed E-state index contributed by atoms with van der Waals surface area (Å²) in [6.45, 7) is 5.73. The second kappa shape index (κ2) is 7.78. The monoisotopic (exact) mass is 425 g/mol. The number of carbonyl (C=O) groups is 1. The van der Waals surface area contributed by atoms with E-state index in [1.54, 1.807) is 11.8 Å². The molecule has 2 aromatic rings. The fraction of sp³-hybridized carbons (Fsp3) is 0.722. The molecule has 1 aliphatic carbocycles. The molecule has 160 valence electrons. The first-order valence-electron chi connectivity index (χ1n) is 9.73. The van der Waals surface area contributed by atoms with Crippen molar-refractivity contribution >= 4 is 34.7 Å². The zero-order valence-corrected chi connectivity index (χ0v) is 17.8. The van der Waals surface area contributed by atoms with Crippen LogP contribution in [0.5, 0.6) is 0 Å². The van der Waals surface area contributed by atoms with Crippen molar-refractivity contribution in [2.24, 2.45) is 0 Å². The quantitative estimate of drug-likeness (QED) is 0.388. The normalized spacial score (nSPS) is 28.1. The number of aromatic nitrogens is 4. The smallest absolute Gasteiger partial charge is 0.331 e. The maximum absolute atomic E-state index is 11.5. The number of nitrogen functional groups attached to an aromatic ring is 1. The molecule has 2 aliphatic rings. The Morgan fingerprint density at radius 3 is 2.86 bits per heavy atom. The fourth-order valence-corrected chi connectivity index (χ4v) is 4.60. The summed E-state index contributed by atoms with van der Waals surface area (Å²) in [4.78, 5) is 20.5. The van der Waals surface area contributed by atoms with E-state index in [0.717, 1.165) is 23.3 Å². The van der Waals surface area contributed by atoms with Crippen LogP contribution in [0.3, 0.4) is 0 Å². The minimum absolute atomic E-state index is 0.0877. The van der Waals surface area contributed by atoms with Gasteiger partial charge < -0.3 is 24.7 Å². The predicted molar refractivity (Wildman–Crippen MR) is 107 cm³/mol. The van der Waals surface area contributed by atoms with Crippen LogP contribution in [-0.2, 0) is 23.7 Å². The summed E-state index contributed by atoms with van der Waals surface area (Å²) in [5.74, 6) is 0.200. The van der Waals surface area contributed by atoms with Crippen LogP contribution in [0.4, 0.5) is 5.82 Å². The molecule has 1 saturated carbocycles. The first-order valence-corrected chi connectivity index (χ1v) is 10.7. The molecule has 29 heavy (non-hydrogen) atoms. The molecule has 3 N–H and O–H groups in total. The zero-order chi connectivity index (χ0) is 20.8. The third kappa shape index (κ3) is 3.83. The number of H-pyrrole nitrogens is 1. The van der Waals surface area contributed by atoms with Crippen LogP contribution in [0.25, 0.3) is 11.2 Å². The van der Waals surface area contributed by atoms with Crippen LogP contribution < -0.4 is 5.73 Å². The molecule has 4 atom stereocenters. The highest BCUT2D eigenvalue weighted by atomic mass is 32.2. The lowest BCUT2D eigenvalue weighted by Gasteiger charge is -2.27. The van der Waals surface area contributed by atoms with Gasteiger partial charge in [0.1, 0.15) is 24.3 Å². The van der Waals surface area contributed by atoms with Crippen molar-refractivity contribution in [3.8, 4) is 0 Å². The lowest BCUT2D eigenvalue weighted by Crippen LogP contribution is -2.32. The highest BCUT2D eigenvalue weighted by Crippen LogP contribution is 2.46. The molecule has 0 radical (unpaired) electrons. The van der Waals surface area contributed by atoms with Crippen molar-refractivity contribution in [3.63, 3.8) is 0 Å². The van der Waals surface area contributed by atoms with E-state index in [1.165, 1.54) is 7.11 Å². The summed E-state index contributed by atoms with van der Waals surface area (Å²) in [6.07, 6.45) is 0.800. The largest absolute Gasteiger partial charge is 0.467 e. The summed E-state index contributed by atoms with van der Waals surface area (Å²) in [6, 6.07) is -0.0877. The van der Waals surface area contributed by atoms with Crippen molar-refractivity contribution in [1.82, 2.24) is 19.7 Å². The maximum Gasteiger partial charge on any atom is 0.331 e. The van der Waals surface area contributed by atoms with Gasteiger partial charge in [0.05, 0.1) is 19.3 Å². The summed E-state index contributed by atoms with van der Waals surface area (Å²) in [5, 5.41) is 3.90. The highest BCUT2D eigenvalue weighted by Gasteiger charge is 2.56. The lowest BCUT2D eigenvalue weighted by molar-refractivity contribution is -0.173. The minimum atomic E-state index is -0.735. The summed E-state index contributed by atoms with van der Waals surface area (Å²) >= 11 is 1.58. The van der Waals surface area contributed by atoms with E-state index in [1.807, 2.05) is 18.5 Å². The number of rotatable bonds is 7. The van der Waals surface area contributed by atoms with Gasteiger partial charge in [0.25, 0.3) is 0 Å². The lowest BCUT2D eigenvalue weighted by atomic mass is 10.2. The van der Waals surface area contributed by atoms with Gasteiger partial charge in [-0.25, -0.2) is 14.8 Å². The number of anilines is 1. The second-order valence-electron chi connectivity index (χ2n) is 7.71. The average Bonchev–Trinajstić information content (AvgIpc) is 3.14. The van der Waals surface area contributed by atoms with Gasteiger partial charge in [-0.15, -0.1) is 0 Å². The van der Waals surface area contributed by atoms with Crippen molar-refractivity contribution < 1.29 is 23.7 Å². The Morgan fingerprint density at radius 2 is 2.14 bits per heavy atom. The van der Waals surface area contributed by atoms with Crippen LogP contribution >= 0.6 is 11.8 Å². The van der Waals surface area contributed by atoms with E-state index in [2.05, 4.69) is 26.7 Å². The van der Waals surface area contributed by atoms with Gasteiger partial charge in [0.15, 0.2) is 22.4 Å². The molecule has 2 aromatic heterocycles. The molecule has 3 heterocycles. The zero-order valence-electron chi connectivity index (χ0n) is 17.0. The Hall–Kier alpha value is -1.82. The molecule has 1 saturated heterocycles. The number of nitrogens with two attached hydrogens (primary N) is 1. The molecular formula is C18H27N5O5S. The third-order valence-corrected chi connectivity index (χ3v) is 6.20. The Labute approximate surface area is 172 Å². The Balaban J connectivity index is 1.60. The Kier molecular flexibility index (Phi) is 5.49. The molecule has 10 nitrogen and oxygen atoms in total. The predicted octanol–water partition coefficient (Wildman–Crippen LogP) is 1.87. The van der Waals surface area contributed by atoms with Gasteiger partial charge in [-0.3, -0.25) is 9.78 Å². The van der Waals surface area contributed by atoms with E-state index in [9.17, 15) is 4.79 Å². The number of ether oxygens (including phenoxy) is 4. The highest BCUT2D eigenvalue weighted by molar-refractivity contribution is 7.99. The molecule has 11 heteroatoms. The molecular weight excluding hydrogens is 398 g/mol.